The number of carbonyl (C=O) groups excluding carboxylic acids is 1. The average Bonchev–Trinajstić information content (AvgIpc) is 2.67. The van der Waals surface area contributed by atoms with Crippen molar-refractivity contribution in [3.05, 3.63) is 59.7 Å². The number of amides is 1. The number of aromatic nitrogens is 1. The van der Waals surface area contributed by atoms with E-state index in [1.54, 1.807) is 30.3 Å². The van der Waals surface area contributed by atoms with Gasteiger partial charge in [0.15, 0.2) is 0 Å². The molecule has 5 nitrogen and oxygen atoms in total. The van der Waals surface area contributed by atoms with Gasteiger partial charge in [-0.05, 0) is 30.3 Å². The van der Waals surface area contributed by atoms with Gasteiger partial charge in [0.05, 0.1) is 18.9 Å². The molecule has 0 bridgehead atoms. The number of pyridine rings is 1. The lowest BCUT2D eigenvalue weighted by molar-refractivity contribution is 0.0796. The minimum Gasteiger partial charge on any atom is -0.378 e. The fourth-order valence-corrected chi connectivity index (χ4v) is 2.85. The van der Waals surface area contributed by atoms with E-state index in [9.17, 15) is 9.18 Å². The Kier molecular flexibility index (Phi) is 5.60. The second kappa shape index (κ2) is 8.07. The lowest BCUT2D eigenvalue weighted by atomic mass is 10.1. The van der Waals surface area contributed by atoms with Crippen LogP contribution in [-0.2, 0) is 11.2 Å². The molecule has 0 atom stereocenters. The third-order valence-electron chi connectivity index (χ3n) is 4.32. The molecule has 2 aromatic rings. The summed E-state index contributed by atoms with van der Waals surface area (Å²) >= 11 is 0. The number of nitrogens with zero attached hydrogens (tertiary/aromatic N) is 3. The number of likely N-dealkylation sites (N-methyl/N-ethyl adjacent to an activating group) is 1. The van der Waals surface area contributed by atoms with E-state index in [4.69, 9.17) is 4.74 Å². The Bertz CT molecular complexity index is 718. The average molecular weight is 343 g/mol. The minimum absolute atomic E-state index is 0.191. The first-order valence-corrected chi connectivity index (χ1v) is 8.43. The van der Waals surface area contributed by atoms with E-state index in [1.165, 1.54) is 6.07 Å². The zero-order valence-electron chi connectivity index (χ0n) is 14.3. The highest BCUT2D eigenvalue weighted by atomic mass is 19.1. The summed E-state index contributed by atoms with van der Waals surface area (Å²) in [5.74, 6) is -0.561. The molecular weight excluding hydrogens is 321 g/mol. The Morgan fingerprint density at radius 2 is 2.08 bits per heavy atom. The summed E-state index contributed by atoms with van der Waals surface area (Å²) in [5.41, 5.74) is 1.81. The molecule has 1 saturated heterocycles. The number of benzene rings is 1. The molecule has 1 aromatic heterocycles. The third-order valence-corrected chi connectivity index (χ3v) is 4.32. The van der Waals surface area contributed by atoms with Crippen LogP contribution >= 0.6 is 0 Å². The van der Waals surface area contributed by atoms with Crippen molar-refractivity contribution in [1.82, 2.24) is 9.88 Å². The van der Waals surface area contributed by atoms with Crippen molar-refractivity contribution in [3.8, 4) is 0 Å². The van der Waals surface area contributed by atoms with E-state index in [0.29, 0.717) is 50.5 Å². The molecule has 1 fully saturated rings. The van der Waals surface area contributed by atoms with Crippen molar-refractivity contribution in [3.63, 3.8) is 0 Å². The summed E-state index contributed by atoms with van der Waals surface area (Å²) in [6.45, 7) is 3.04. The zero-order chi connectivity index (χ0) is 17.6. The van der Waals surface area contributed by atoms with Gasteiger partial charge in [-0.1, -0.05) is 6.07 Å². The SMILES string of the molecule is CN(CCc1ccccn1)C(=O)c1ccc(N2CCOCC2)c(F)c1. The van der Waals surface area contributed by atoms with E-state index in [2.05, 4.69) is 4.98 Å². The van der Waals surface area contributed by atoms with Gasteiger partial charge >= 0.3 is 0 Å². The fraction of sp³-hybridized carbons (Fsp3) is 0.368. The molecule has 0 radical (unpaired) electrons. The Balaban J connectivity index is 1.64. The quantitative estimate of drug-likeness (QED) is 0.836. The minimum atomic E-state index is -0.370. The molecule has 132 valence electrons. The van der Waals surface area contributed by atoms with Crippen molar-refractivity contribution < 1.29 is 13.9 Å². The summed E-state index contributed by atoms with van der Waals surface area (Å²) in [7, 11) is 1.72. The number of hydrogen-bond donors (Lipinski definition) is 0. The van der Waals surface area contributed by atoms with Gasteiger partial charge in [-0.15, -0.1) is 0 Å². The van der Waals surface area contributed by atoms with Crippen LogP contribution in [0.25, 0.3) is 0 Å². The van der Waals surface area contributed by atoms with E-state index >= 15 is 0 Å². The van der Waals surface area contributed by atoms with Crippen LogP contribution in [0.1, 0.15) is 16.1 Å². The molecule has 1 aliphatic heterocycles. The van der Waals surface area contributed by atoms with E-state index in [1.807, 2.05) is 23.1 Å². The Labute approximate surface area is 147 Å². The highest BCUT2D eigenvalue weighted by Crippen LogP contribution is 2.22. The first-order valence-electron chi connectivity index (χ1n) is 8.43. The van der Waals surface area contributed by atoms with Crippen LogP contribution in [0.4, 0.5) is 10.1 Å². The van der Waals surface area contributed by atoms with E-state index < -0.39 is 0 Å². The second-order valence-corrected chi connectivity index (χ2v) is 6.06. The maximum absolute atomic E-state index is 14.4. The summed E-state index contributed by atoms with van der Waals surface area (Å²) in [4.78, 5) is 20.3. The first-order chi connectivity index (χ1) is 12.1. The maximum atomic E-state index is 14.4. The number of rotatable bonds is 5. The van der Waals surface area contributed by atoms with E-state index in [0.717, 1.165) is 5.69 Å². The Morgan fingerprint density at radius 3 is 2.76 bits per heavy atom. The molecule has 1 amide bonds. The molecule has 25 heavy (non-hydrogen) atoms. The third kappa shape index (κ3) is 4.33. The number of hydrogen-bond acceptors (Lipinski definition) is 4. The summed E-state index contributed by atoms with van der Waals surface area (Å²) < 4.78 is 19.7. The molecule has 1 aliphatic rings. The van der Waals surface area contributed by atoms with Crippen molar-refractivity contribution in [2.45, 2.75) is 6.42 Å². The Morgan fingerprint density at radius 1 is 1.28 bits per heavy atom. The molecule has 6 heteroatoms. The van der Waals surface area contributed by atoms with Gasteiger partial charge in [0, 0.05) is 50.6 Å². The molecule has 0 saturated carbocycles. The van der Waals surface area contributed by atoms with Crippen molar-refractivity contribution in [1.29, 1.82) is 0 Å². The van der Waals surface area contributed by atoms with Crippen molar-refractivity contribution in [2.24, 2.45) is 0 Å². The number of ether oxygens (including phenoxy) is 1. The van der Waals surface area contributed by atoms with Crippen LogP contribution in [0.3, 0.4) is 0 Å². The number of carbonyl (C=O) groups is 1. The van der Waals surface area contributed by atoms with Crippen LogP contribution in [0, 0.1) is 5.82 Å². The van der Waals surface area contributed by atoms with E-state index in [-0.39, 0.29) is 11.7 Å². The van der Waals surface area contributed by atoms with Crippen molar-refractivity contribution >= 4 is 11.6 Å². The molecular formula is C19H22FN3O2. The number of anilines is 1. The summed E-state index contributed by atoms with van der Waals surface area (Å²) in [5, 5.41) is 0. The van der Waals surface area contributed by atoms with Gasteiger partial charge in [0.2, 0.25) is 0 Å². The molecule has 2 heterocycles. The highest BCUT2D eigenvalue weighted by Gasteiger charge is 2.18. The first kappa shape index (κ1) is 17.4. The van der Waals surface area contributed by atoms with Crippen LogP contribution in [-0.4, -0.2) is 55.7 Å². The maximum Gasteiger partial charge on any atom is 0.253 e. The molecule has 1 aromatic carbocycles. The largest absolute Gasteiger partial charge is 0.378 e. The monoisotopic (exact) mass is 343 g/mol. The summed E-state index contributed by atoms with van der Waals surface area (Å²) in [6.07, 6.45) is 2.40. The van der Waals surface area contributed by atoms with Gasteiger partial charge in [-0.2, -0.15) is 0 Å². The van der Waals surface area contributed by atoms with Crippen molar-refractivity contribution in [2.75, 3.05) is 44.8 Å². The number of morpholine rings is 1. The topological polar surface area (TPSA) is 45.7 Å². The van der Waals surface area contributed by atoms with Crippen LogP contribution in [0.2, 0.25) is 0 Å². The Hall–Kier alpha value is -2.47. The van der Waals surface area contributed by atoms with Crippen LogP contribution in [0.15, 0.2) is 42.6 Å². The summed E-state index contributed by atoms with van der Waals surface area (Å²) in [6, 6.07) is 10.4. The predicted molar refractivity (Wildman–Crippen MR) is 94.3 cm³/mol. The smallest absolute Gasteiger partial charge is 0.253 e. The fourth-order valence-electron chi connectivity index (χ4n) is 2.85. The van der Waals surface area contributed by atoms with Gasteiger partial charge in [0.25, 0.3) is 5.91 Å². The number of halogens is 1. The predicted octanol–water partition coefficient (Wildman–Crippen LogP) is 2.37. The van der Waals surface area contributed by atoms with Gasteiger partial charge in [-0.3, -0.25) is 9.78 Å². The molecule has 0 unspecified atom stereocenters. The molecule has 3 rings (SSSR count). The molecule has 0 aliphatic carbocycles. The normalized spacial score (nSPS) is 14.4. The highest BCUT2D eigenvalue weighted by molar-refractivity contribution is 5.94. The van der Waals surface area contributed by atoms with Crippen LogP contribution in [0.5, 0.6) is 0 Å². The molecule has 0 spiro atoms. The molecule has 0 N–H and O–H groups in total. The standard InChI is InChI=1S/C19H22FN3O2/c1-22(9-7-16-4-2-3-8-21-16)19(24)15-5-6-18(17(20)14-15)23-10-12-25-13-11-23/h2-6,8,14H,7,9-13H2,1H3. The van der Waals surface area contributed by atoms with Gasteiger partial charge in [-0.25, -0.2) is 4.39 Å². The van der Waals surface area contributed by atoms with Crippen LogP contribution < -0.4 is 4.90 Å². The zero-order valence-corrected chi connectivity index (χ0v) is 14.3. The second-order valence-electron chi connectivity index (χ2n) is 6.06. The lowest BCUT2D eigenvalue weighted by Gasteiger charge is -2.29. The van der Waals surface area contributed by atoms with Gasteiger partial charge in [0.1, 0.15) is 5.82 Å². The lowest BCUT2D eigenvalue weighted by Crippen LogP contribution is -2.36. The van der Waals surface area contributed by atoms with Gasteiger partial charge < -0.3 is 14.5 Å².